The molecule has 1 aromatic heterocycles. The zero-order chi connectivity index (χ0) is 62.4. The molecule has 0 aliphatic carbocycles. The molecular formula is C63H98N6O12. The number of carbonyl (C=O) groups excluding carboxylic acids is 9. The van der Waals surface area contributed by atoms with Gasteiger partial charge in [0.05, 0.1) is 25.2 Å². The molecule has 81 heavy (non-hydrogen) atoms. The van der Waals surface area contributed by atoms with Crippen molar-refractivity contribution < 1.29 is 58.1 Å². The highest BCUT2D eigenvalue weighted by atomic mass is 16.6. The quantitative estimate of drug-likeness (QED) is 0.0432. The Kier molecular flexibility index (Phi) is 34.1. The molecule has 452 valence electrons. The molecule has 0 saturated heterocycles. The molecule has 0 aliphatic heterocycles. The van der Waals surface area contributed by atoms with E-state index in [1.165, 1.54) is 48.4 Å². The van der Waals surface area contributed by atoms with Crippen LogP contribution in [0.15, 0.2) is 73.1 Å². The van der Waals surface area contributed by atoms with Crippen LogP contribution >= 0.6 is 0 Å². The summed E-state index contributed by atoms with van der Waals surface area (Å²) in [5, 5.41) is 21.6. The molecule has 2 aromatic carbocycles. The number of ether oxygens (including phenoxy) is 1. The number of likely N-dealkylation sites (N-methyl/N-ethyl adjacent to an activating group) is 2. The Morgan fingerprint density at radius 2 is 0.963 bits per heavy atom. The summed E-state index contributed by atoms with van der Waals surface area (Å²) in [7, 11) is 7.26. The number of nitrogens with two attached hydrogens (primary N) is 1. The second-order valence-electron chi connectivity index (χ2n) is 24.4. The molecule has 4 atom stereocenters. The smallest absolute Gasteiger partial charge is 0.310 e. The number of nitrogens with one attached hydrogen (secondary N) is 1. The van der Waals surface area contributed by atoms with Crippen LogP contribution in [0.25, 0.3) is 0 Å². The molecule has 0 fully saturated rings. The summed E-state index contributed by atoms with van der Waals surface area (Å²) in [5.41, 5.74) is 9.05. The van der Waals surface area contributed by atoms with Gasteiger partial charge in [0.15, 0.2) is 23.1 Å². The van der Waals surface area contributed by atoms with Crippen molar-refractivity contribution in [2.45, 2.75) is 166 Å². The lowest BCUT2D eigenvalue weighted by Gasteiger charge is -2.26. The maximum absolute atomic E-state index is 13.2. The second kappa shape index (κ2) is 37.2. The van der Waals surface area contributed by atoms with Gasteiger partial charge in [0.25, 0.3) is 0 Å². The van der Waals surface area contributed by atoms with Gasteiger partial charge >= 0.3 is 11.9 Å². The largest absolute Gasteiger partial charge is 0.508 e. The van der Waals surface area contributed by atoms with Gasteiger partial charge in [-0.25, -0.2) is 0 Å². The number of pyridine rings is 1. The number of anilines is 1. The number of hydrogen-bond donors (Lipinski definition) is 4. The fourth-order valence-corrected chi connectivity index (χ4v) is 8.16. The summed E-state index contributed by atoms with van der Waals surface area (Å²) in [6, 6.07) is 15.5. The monoisotopic (exact) mass is 1140 g/mol. The second-order valence-corrected chi connectivity index (χ2v) is 24.4. The summed E-state index contributed by atoms with van der Waals surface area (Å²) in [6.07, 6.45) is 7.69. The Bertz CT molecular complexity index is 2420. The molecule has 0 saturated carbocycles. The van der Waals surface area contributed by atoms with Crippen molar-refractivity contribution in [3.05, 3.63) is 84.2 Å². The number of hydrogen-bond acceptors (Lipinski definition) is 15. The van der Waals surface area contributed by atoms with E-state index in [-0.39, 0.29) is 107 Å². The van der Waals surface area contributed by atoms with E-state index in [0.29, 0.717) is 32.1 Å². The van der Waals surface area contributed by atoms with Crippen molar-refractivity contribution in [3.63, 3.8) is 0 Å². The molecule has 0 unspecified atom stereocenters. The number of phenols is 2. The highest BCUT2D eigenvalue weighted by Gasteiger charge is 2.32. The Morgan fingerprint density at radius 1 is 0.593 bits per heavy atom. The van der Waals surface area contributed by atoms with E-state index in [2.05, 4.69) is 56.6 Å². The average molecular weight is 1140 g/mol. The van der Waals surface area contributed by atoms with Crippen molar-refractivity contribution in [2.75, 3.05) is 46.2 Å². The SMILES string of the molecule is CC(C)C[C@@H](CC(=O)[C@@H](N)Cc1ccc(O)cc1)C(=O)N(C)CC(=O)CCC(C)(C)C.CC(C)C[C@@H](CC(=O)[C@H](Cc1ccc(O)cc1)NC([14CH3])=O)C(=O)N(C)CC(=O)CCC(C)(C)C.CN(C)c1ccncc1.[14CH3]C(=O)OC([14CH3])=O. The number of Topliss-reactive ketones (excluding diaryl/α,β-unsaturated/α-hetero) is 4. The molecule has 0 aliphatic rings. The molecule has 18 nitrogen and oxygen atoms in total. The fourth-order valence-electron chi connectivity index (χ4n) is 8.16. The van der Waals surface area contributed by atoms with Crippen LogP contribution in [-0.4, -0.2) is 131 Å². The Labute approximate surface area is 483 Å². The van der Waals surface area contributed by atoms with E-state index in [9.17, 15) is 53.4 Å². The third kappa shape index (κ3) is 36.2. The van der Waals surface area contributed by atoms with Crippen LogP contribution in [0.1, 0.15) is 153 Å². The van der Waals surface area contributed by atoms with Crippen LogP contribution in [0.2, 0.25) is 0 Å². The summed E-state index contributed by atoms with van der Waals surface area (Å²) in [6.45, 7) is 24.3. The molecule has 0 radical (unpaired) electrons. The van der Waals surface area contributed by atoms with Crippen molar-refractivity contribution in [1.82, 2.24) is 20.1 Å². The maximum atomic E-state index is 13.2. The van der Waals surface area contributed by atoms with Crippen LogP contribution in [-0.2, 0) is 60.7 Å². The van der Waals surface area contributed by atoms with Crippen molar-refractivity contribution in [3.8, 4) is 11.5 Å². The normalized spacial score (nSPS) is 12.5. The Morgan fingerprint density at radius 3 is 1.27 bits per heavy atom. The average Bonchev–Trinajstić information content (AvgIpc) is 3.34. The molecule has 3 amide bonds. The van der Waals surface area contributed by atoms with Crippen LogP contribution in [0, 0.1) is 34.5 Å². The standard InChI is InChI=1S/C27H42N2O5.C25H40N2O4.C7H10N2.C4H6O3/c1-18(2)14-21(26(34)29(7)17-23(32)12-13-27(4,5)6)16-25(33)24(28-19(3)30)15-20-8-10-22(31)11-9-20;1-17(2)13-19(24(31)27(6)16-21(29)11-12-25(3,4)5)15-23(30)22(26)14-18-7-9-20(28)10-8-18;1-9(2)7-3-5-8-6-4-7;1-3(5)7-4(2)6/h8-11,18,21,24,31H,12-17H2,1-7H3,(H,28,30);7-10,17,19,22,28H,11-16,26H2,1-6H3;3-6H,1-2H3;1-2H3/t21-,24-;19-,22-;;/m00../s1/i3+2;;;1+2,2+2. The topological polar surface area (TPSA) is 264 Å². The number of carbonyl (C=O) groups is 9. The maximum Gasteiger partial charge on any atom is 0.310 e. The first kappa shape index (κ1) is 74.2. The van der Waals surface area contributed by atoms with Crippen LogP contribution in [0.5, 0.6) is 11.5 Å². The lowest BCUT2D eigenvalue weighted by Crippen LogP contribution is -2.44. The molecule has 5 N–H and O–H groups in total. The number of esters is 2. The van der Waals surface area contributed by atoms with Gasteiger partial charge in [-0.1, -0.05) is 93.5 Å². The zero-order valence-corrected chi connectivity index (χ0v) is 51.7. The number of rotatable bonds is 26. The number of phenolic OH excluding ortho intramolecular Hbond substituents is 2. The highest BCUT2D eigenvalue weighted by Crippen LogP contribution is 2.25. The third-order valence-electron chi connectivity index (χ3n) is 12.4. The van der Waals surface area contributed by atoms with Gasteiger partial charge in [-0.3, -0.25) is 48.1 Å². The molecule has 3 rings (SSSR count). The van der Waals surface area contributed by atoms with Crippen molar-refractivity contribution in [2.24, 2.45) is 40.2 Å². The first-order valence-corrected chi connectivity index (χ1v) is 27.8. The molecule has 3 aromatic rings. The third-order valence-corrected chi connectivity index (χ3v) is 12.4. The first-order chi connectivity index (χ1) is 37.4. The lowest BCUT2D eigenvalue weighted by molar-refractivity contribution is -0.156. The number of amides is 3. The van der Waals surface area contributed by atoms with E-state index in [1.807, 2.05) is 58.8 Å². The van der Waals surface area contributed by atoms with Gasteiger partial charge in [0.2, 0.25) is 17.7 Å². The summed E-state index contributed by atoms with van der Waals surface area (Å²) < 4.78 is 3.97. The predicted octanol–water partition coefficient (Wildman–Crippen LogP) is 8.90. The minimum absolute atomic E-state index is 0.00357. The molecule has 0 bridgehead atoms. The first-order valence-electron chi connectivity index (χ1n) is 27.8. The minimum atomic E-state index is -0.775. The van der Waals surface area contributed by atoms with E-state index in [1.54, 1.807) is 62.9 Å². The number of ketones is 4. The Balaban J connectivity index is 0.00000124. The highest BCUT2D eigenvalue weighted by molar-refractivity contribution is 5.94. The molecule has 0 spiro atoms. The zero-order valence-electron chi connectivity index (χ0n) is 51.7. The number of nitrogens with zero attached hydrogens (tertiary/aromatic N) is 4. The molecular weight excluding hydrogens is 1040 g/mol. The van der Waals surface area contributed by atoms with Gasteiger partial charge in [-0.2, -0.15) is 0 Å². The predicted molar refractivity (Wildman–Crippen MR) is 318 cm³/mol. The summed E-state index contributed by atoms with van der Waals surface area (Å²) >= 11 is 0. The number of aromatic nitrogens is 1. The Hall–Kier alpha value is -6.82. The van der Waals surface area contributed by atoms with E-state index in [0.717, 1.165) is 24.0 Å². The van der Waals surface area contributed by atoms with Gasteiger partial charge in [0, 0.05) is 105 Å². The van der Waals surface area contributed by atoms with Crippen LogP contribution in [0.3, 0.4) is 0 Å². The summed E-state index contributed by atoms with van der Waals surface area (Å²) in [5.74, 6) is -2.57. The number of benzene rings is 2. The fraction of sp³-hybridized carbons (Fsp3) is 0.587. The van der Waals surface area contributed by atoms with E-state index < -0.39 is 35.9 Å². The van der Waals surface area contributed by atoms with Crippen LogP contribution in [0.4, 0.5) is 5.69 Å². The van der Waals surface area contributed by atoms with E-state index >= 15 is 0 Å². The number of aromatic hydroxyl groups is 2. The van der Waals surface area contributed by atoms with Gasteiger partial charge < -0.3 is 40.7 Å². The van der Waals surface area contributed by atoms with Crippen LogP contribution < -0.4 is 16.0 Å². The van der Waals surface area contributed by atoms with Gasteiger partial charge in [0.1, 0.15) is 11.5 Å². The molecule has 1 heterocycles. The molecule has 18 heteroatoms. The van der Waals surface area contributed by atoms with Gasteiger partial charge in [-0.15, -0.1) is 0 Å². The van der Waals surface area contributed by atoms with Crippen molar-refractivity contribution in [1.29, 1.82) is 0 Å². The summed E-state index contributed by atoms with van der Waals surface area (Å²) in [4.78, 5) is 117. The minimum Gasteiger partial charge on any atom is -0.508 e. The lowest BCUT2D eigenvalue weighted by atomic mass is 9.87. The van der Waals surface area contributed by atoms with E-state index in [4.69, 9.17) is 5.73 Å². The van der Waals surface area contributed by atoms with Crippen molar-refractivity contribution >= 4 is 58.5 Å². The van der Waals surface area contributed by atoms with Gasteiger partial charge in [-0.05, 0) is 109 Å².